The molecule has 1 aromatic carbocycles. The molecule has 1 fully saturated rings. The summed E-state index contributed by atoms with van der Waals surface area (Å²) < 4.78 is 5.61. The Morgan fingerprint density at radius 1 is 1.00 bits per heavy atom. The first-order valence-corrected chi connectivity index (χ1v) is 9.65. The molecule has 1 amide bonds. The molecule has 2 aromatic heterocycles. The van der Waals surface area contributed by atoms with Gasteiger partial charge in [0.25, 0.3) is 5.91 Å². The Morgan fingerprint density at radius 3 is 2.45 bits per heavy atom. The first-order chi connectivity index (χ1) is 14.2. The van der Waals surface area contributed by atoms with Crippen LogP contribution in [-0.4, -0.2) is 58.8 Å². The molecular weight excluding hydrogens is 366 g/mol. The van der Waals surface area contributed by atoms with Gasteiger partial charge in [-0.25, -0.2) is 0 Å². The van der Waals surface area contributed by atoms with Gasteiger partial charge in [-0.3, -0.25) is 9.78 Å². The van der Waals surface area contributed by atoms with E-state index in [1.54, 1.807) is 12.4 Å². The van der Waals surface area contributed by atoms with Crippen LogP contribution in [0.3, 0.4) is 0 Å². The standard InChI is InChI=1S/C22H23N5O2/c1-17-4-6-19(7-5-17)29-16-22(28)27-13-11-26(12-14-27)21-9-8-20(24-25-21)18-3-2-10-23-15-18/h2-10,15H,11-14,16H2,1H3. The lowest BCUT2D eigenvalue weighted by Gasteiger charge is -2.35. The van der Waals surface area contributed by atoms with Gasteiger partial charge in [0, 0.05) is 44.1 Å². The minimum atomic E-state index is 0.00300. The molecule has 29 heavy (non-hydrogen) atoms. The van der Waals surface area contributed by atoms with E-state index in [1.165, 1.54) is 0 Å². The predicted molar refractivity (Wildman–Crippen MR) is 111 cm³/mol. The Hall–Kier alpha value is -3.48. The molecule has 0 N–H and O–H groups in total. The summed E-state index contributed by atoms with van der Waals surface area (Å²) in [6, 6.07) is 15.5. The highest BCUT2D eigenvalue weighted by Gasteiger charge is 2.22. The van der Waals surface area contributed by atoms with Crippen LogP contribution >= 0.6 is 0 Å². The van der Waals surface area contributed by atoms with Crippen LogP contribution < -0.4 is 9.64 Å². The number of carbonyl (C=O) groups is 1. The van der Waals surface area contributed by atoms with Crippen molar-refractivity contribution < 1.29 is 9.53 Å². The van der Waals surface area contributed by atoms with E-state index >= 15 is 0 Å². The molecule has 148 valence electrons. The summed E-state index contributed by atoms with van der Waals surface area (Å²) >= 11 is 0. The molecule has 0 spiro atoms. The first kappa shape index (κ1) is 18.9. The van der Waals surface area contributed by atoms with Gasteiger partial charge in [-0.05, 0) is 43.3 Å². The average molecular weight is 389 g/mol. The monoisotopic (exact) mass is 389 g/mol. The van der Waals surface area contributed by atoms with E-state index in [9.17, 15) is 4.79 Å². The number of benzene rings is 1. The molecule has 0 saturated carbocycles. The van der Waals surface area contributed by atoms with Crippen molar-refractivity contribution in [3.8, 4) is 17.0 Å². The smallest absolute Gasteiger partial charge is 0.260 e. The normalized spacial score (nSPS) is 14.0. The fraction of sp³-hybridized carbons (Fsp3) is 0.273. The van der Waals surface area contributed by atoms with E-state index in [0.717, 1.165) is 35.7 Å². The summed E-state index contributed by atoms with van der Waals surface area (Å²) in [7, 11) is 0. The van der Waals surface area contributed by atoms with Gasteiger partial charge in [0.1, 0.15) is 5.75 Å². The van der Waals surface area contributed by atoms with Gasteiger partial charge < -0.3 is 14.5 Å². The number of hydrogen-bond donors (Lipinski definition) is 0. The highest BCUT2D eigenvalue weighted by molar-refractivity contribution is 5.78. The van der Waals surface area contributed by atoms with Gasteiger partial charge in [-0.2, -0.15) is 0 Å². The van der Waals surface area contributed by atoms with Crippen molar-refractivity contribution in [3.05, 3.63) is 66.5 Å². The Balaban J connectivity index is 1.28. The Morgan fingerprint density at radius 2 is 1.79 bits per heavy atom. The second-order valence-corrected chi connectivity index (χ2v) is 6.99. The van der Waals surface area contributed by atoms with E-state index in [4.69, 9.17) is 4.74 Å². The largest absolute Gasteiger partial charge is 0.484 e. The zero-order valence-electron chi connectivity index (χ0n) is 16.4. The van der Waals surface area contributed by atoms with Gasteiger partial charge >= 0.3 is 0 Å². The molecule has 1 aliphatic rings. The van der Waals surface area contributed by atoms with Crippen molar-refractivity contribution >= 4 is 11.7 Å². The second-order valence-electron chi connectivity index (χ2n) is 6.99. The SMILES string of the molecule is Cc1ccc(OCC(=O)N2CCN(c3ccc(-c4cccnc4)nn3)CC2)cc1. The molecule has 1 aliphatic heterocycles. The Labute approximate surface area is 170 Å². The van der Waals surface area contributed by atoms with Crippen LogP contribution in [0.5, 0.6) is 5.75 Å². The molecule has 0 radical (unpaired) electrons. The summed E-state index contributed by atoms with van der Waals surface area (Å²) in [5.41, 5.74) is 2.90. The molecule has 3 heterocycles. The summed E-state index contributed by atoms with van der Waals surface area (Å²) in [5.74, 6) is 1.54. The van der Waals surface area contributed by atoms with Gasteiger partial charge in [0.2, 0.25) is 0 Å². The van der Waals surface area contributed by atoms with Crippen molar-refractivity contribution in [2.24, 2.45) is 0 Å². The minimum absolute atomic E-state index is 0.00300. The van der Waals surface area contributed by atoms with Crippen LogP contribution in [-0.2, 0) is 4.79 Å². The molecular formula is C22H23N5O2. The summed E-state index contributed by atoms with van der Waals surface area (Å²) in [5, 5.41) is 8.67. The summed E-state index contributed by atoms with van der Waals surface area (Å²) in [6.45, 7) is 4.80. The molecule has 1 saturated heterocycles. The Kier molecular flexibility index (Phi) is 5.65. The first-order valence-electron chi connectivity index (χ1n) is 9.65. The maximum Gasteiger partial charge on any atom is 0.260 e. The van der Waals surface area contributed by atoms with Crippen LogP contribution in [0.4, 0.5) is 5.82 Å². The van der Waals surface area contributed by atoms with Crippen LogP contribution in [0.2, 0.25) is 0 Å². The summed E-state index contributed by atoms with van der Waals surface area (Å²) in [6.07, 6.45) is 3.50. The molecule has 0 atom stereocenters. The van der Waals surface area contributed by atoms with E-state index in [-0.39, 0.29) is 12.5 Å². The number of rotatable bonds is 5. The molecule has 0 aliphatic carbocycles. The van der Waals surface area contributed by atoms with Crippen molar-refractivity contribution in [1.82, 2.24) is 20.1 Å². The predicted octanol–water partition coefficient (Wildman–Crippen LogP) is 2.57. The highest BCUT2D eigenvalue weighted by atomic mass is 16.5. The molecule has 3 aromatic rings. The maximum atomic E-state index is 12.4. The van der Waals surface area contributed by atoms with Gasteiger partial charge in [0.15, 0.2) is 12.4 Å². The van der Waals surface area contributed by atoms with Gasteiger partial charge in [-0.1, -0.05) is 17.7 Å². The van der Waals surface area contributed by atoms with Crippen molar-refractivity contribution in [2.75, 3.05) is 37.7 Å². The fourth-order valence-electron chi connectivity index (χ4n) is 3.22. The molecule has 0 bridgehead atoms. The zero-order chi connectivity index (χ0) is 20.1. The number of aryl methyl sites for hydroxylation is 1. The van der Waals surface area contributed by atoms with Gasteiger partial charge in [-0.15, -0.1) is 10.2 Å². The van der Waals surface area contributed by atoms with E-state index in [0.29, 0.717) is 18.8 Å². The zero-order valence-corrected chi connectivity index (χ0v) is 16.4. The number of amides is 1. The number of piperazine rings is 1. The van der Waals surface area contributed by atoms with Crippen molar-refractivity contribution in [2.45, 2.75) is 6.92 Å². The maximum absolute atomic E-state index is 12.4. The molecule has 4 rings (SSSR count). The quantitative estimate of drug-likeness (QED) is 0.668. The van der Waals surface area contributed by atoms with Crippen LogP contribution in [0, 0.1) is 6.92 Å². The number of carbonyl (C=O) groups excluding carboxylic acids is 1. The Bertz CT molecular complexity index is 937. The van der Waals surface area contributed by atoms with Crippen molar-refractivity contribution in [1.29, 1.82) is 0 Å². The lowest BCUT2D eigenvalue weighted by molar-refractivity contribution is -0.133. The molecule has 7 nitrogen and oxygen atoms in total. The third kappa shape index (κ3) is 4.68. The lowest BCUT2D eigenvalue weighted by Crippen LogP contribution is -2.50. The van der Waals surface area contributed by atoms with Gasteiger partial charge in [0.05, 0.1) is 5.69 Å². The number of nitrogens with zero attached hydrogens (tertiary/aromatic N) is 5. The number of anilines is 1. The molecule has 0 unspecified atom stereocenters. The topological polar surface area (TPSA) is 71.5 Å². The van der Waals surface area contributed by atoms with Crippen LogP contribution in [0.15, 0.2) is 60.9 Å². The van der Waals surface area contributed by atoms with E-state index < -0.39 is 0 Å². The number of pyridine rings is 1. The number of hydrogen-bond acceptors (Lipinski definition) is 6. The fourth-order valence-corrected chi connectivity index (χ4v) is 3.22. The van der Waals surface area contributed by atoms with E-state index in [2.05, 4.69) is 20.1 Å². The average Bonchev–Trinajstić information content (AvgIpc) is 2.79. The number of aromatic nitrogens is 3. The summed E-state index contributed by atoms with van der Waals surface area (Å²) in [4.78, 5) is 20.5. The second kappa shape index (κ2) is 8.68. The third-order valence-corrected chi connectivity index (χ3v) is 4.95. The van der Waals surface area contributed by atoms with Crippen molar-refractivity contribution in [3.63, 3.8) is 0 Å². The third-order valence-electron chi connectivity index (χ3n) is 4.95. The van der Waals surface area contributed by atoms with Crippen LogP contribution in [0.25, 0.3) is 11.3 Å². The van der Waals surface area contributed by atoms with E-state index in [1.807, 2.05) is 60.4 Å². The number of ether oxygens (including phenoxy) is 1. The minimum Gasteiger partial charge on any atom is -0.484 e. The van der Waals surface area contributed by atoms with Crippen LogP contribution in [0.1, 0.15) is 5.56 Å². The highest BCUT2D eigenvalue weighted by Crippen LogP contribution is 2.18. The molecule has 7 heteroatoms. The lowest BCUT2D eigenvalue weighted by atomic mass is 10.2.